The van der Waals surface area contributed by atoms with Gasteiger partial charge < -0.3 is 0 Å². The van der Waals surface area contributed by atoms with Crippen LogP contribution in [0.4, 0.5) is 0 Å². The first kappa shape index (κ1) is 10.8. The highest BCUT2D eigenvalue weighted by atomic mass is 79.9. The van der Waals surface area contributed by atoms with E-state index in [1.165, 1.54) is 22.3 Å². The molecule has 0 fully saturated rings. The van der Waals surface area contributed by atoms with Gasteiger partial charge in [-0.25, -0.2) is 0 Å². The van der Waals surface area contributed by atoms with Crippen molar-refractivity contribution in [3.63, 3.8) is 0 Å². The van der Waals surface area contributed by atoms with Crippen LogP contribution in [0.25, 0.3) is 11.6 Å². The Bertz CT molecular complexity index is 582. The molecule has 17 heavy (non-hydrogen) atoms. The summed E-state index contributed by atoms with van der Waals surface area (Å²) < 4.78 is 1.16. The molecule has 1 aliphatic rings. The molecule has 0 aliphatic heterocycles. The van der Waals surface area contributed by atoms with Gasteiger partial charge >= 0.3 is 0 Å². The average Bonchev–Trinajstić information content (AvgIpc) is 2.68. The number of allylic oxidation sites excluding steroid dienone is 1. The molecule has 0 aromatic heterocycles. The maximum atomic E-state index is 3.55. The topological polar surface area (TPSA) is 0 Å². The van der Waals surface area contributed by atoms with E-state index in [4.69, 9.17) is 0 Å². The summed E-state index contributed by atoms with van der Waals surface area (Å²) in [7, 11) is 0. The van der Waals surface area contributed by atoms with E-state index in [1.807, 2.05) is 0 Å². The van der Waals surface area contributed by atoms with Crippen LogP contribution < -0.4 is 0 Å². The minimum Gasteiger partial charge on any atom is -0.0622 e. The molecular weight excluding hydrogens is 272 g/mol. The van der Waals surface area contributed by atoms with Crippen LogP contribution in [0.5, 0.6) is 0 Å². The summed E-state index contributed by atoms with van der Waals surface area (Å²) in [4.78, 5) is 0. The standard InChI is InChI=1S/C16H13Br/c1-11-15(12-5-3-2-4-6-12)9-13-7-8-14(17)10-16(11)13/h2-11H,1H3. The lowest BCUT2D eigenvalue weighted by atomic mass is 9.93. The fraction of sp³-hybridized carbons (Fsp3) is 0.125. The molecule has 0 saturated heterocycles. The predicted octanol–water partition coefficient (Wildman–Crippen LogP) is 5.11. The summed E-state index contributed by atoms with van der Waals surface area (Å²) in [6, 6.07) is 17.2. The van der Waals surface area contributed by atoms with Crippen molar-refractivity contribution in [2.75, 3.05) is 0 Å². The van der Waals surface area contributed by atoms with E-state index in [0.717, 1.165) is 4.47 Å². The molecule has 1 heteroatoms. The van der Waals surface area contributed by atoms with Crippen LogP contribution in [0.3, 0.4) is 0 Å². The molecule has 3 rings (SSSR count). The first-order chi connectivity index (χ1) is 8.25. The van der Waals surface area contributed by atoms with Crippen molar-refractivity contribution in [2.24, 2.45) is 0 Å². The van der Waals surface area contributed by atoms with E-state index in [0.29, 0.717) is 5.92 Å². The van der Waals surface area contributed by atoms with Crippen molar-refractivity contribution < 1.29 is 0 Å². The Hall–Kier alpha value is -1.34. The highest BCUT2D eigenvalue weighted by Gasteiger charge is 2.22. The molecule has 84 valence electrons. The molecule has 1 aliphatic carbocycles. The third kappa shape index (κ3) is 1.85. The van der Waals surface area contributed by atoms with Crippen molar-refractivity contribution >= 4 is 27.6 Å². The minimum absolute atomic E-state index is 0.477. The number of rotatable bonds is 1. The van der Waals surface area contributed by atoms with Gasteiger partial charge in [-0.3, -0.25) is 0 Å². The Morgan fingerprint density at radius 1 is 1.00 bits per heavy atom. The molecule has 0 radical (unpaired) electrons. The van der Waals surface area contributed by atoms with Crippen LogP contribution in [0.2, 0.25) is 0 Å². The average molecular weight is 285 g/mol. The fourth-order valence-corrected chi connectivity index (χ4v) is 2.85. The summed E-state index contributed by atoms with van der Waals surface area (Å²) in [5.41, 5.74) is 5.50. The summed E-state index contributed by atoms with van der Waals surface area (Å²) in [6.45, 7) is 2.27. The van der Waals surface area contributed by atoms with E-state index >= 15 is 0 Å². The van der Waals surface area contributed by atoms with Gasteiger partial charge in [-0.15, -0.1) is 0 Å². The van der Waals surface area contributed by atoms with Gasteiger partial charge in [0.2, 0.25) is 0 Å². The van der Waals surface area contributed by atoms with E-state index in [-0.39, 0.29) is 0 Å². The molecule has 0 heterocycles. The van der Waals surface area contributed by atoms with Crippen molar-refractivity contribution in [3.8, 4) is 0 Å². The molecule has 0 amide bonds. The van der Waals surface area contributed by atoms with Crippen molar-refractivity contribution in [1.29, 1.82) is 0 Å². The van der Waals surface area contributed by atoms with Crippen LogP contribution in [0, 0.1) is 0 Å². The second-order valence-corrected chi connectivity index (χ2v) is 5.38. The van der Waals surface area contributed by atoms with Crippen LogP contribution >= 0.6 is 15.9 Å². The van der Waals surface area contributed by atoms with Crippen molar-refractivity contribution in [1.82, 2.24) is 0 Å². The Morgan fingerprint density at radius 2 is 1.76 bits per heavy atom. The van der Waals surface area contributed by atoms with E-state index < -0.39 is 0 Å². The van der Waals surface area contributed by atoms with Crippen LogP contribution in [-0.2, 0) is 0 Å². The molecule has 1 atom stereocenters. The van der Waals surface area contributed by atoms with Gasteiger partial charge in [0.15, 0.2) is 0 Å². The molecular formula is C16H13Br. The smallest absolute Gasteiger partial charge is 0.0178 e. The number of benzene rings is 2. The zero-order valence-corrected chi connectivity index (χ0v) is 11.2. The molecule has 0 N–H and O–H groups in total. The third-order valence-electron chi connectivity index (χ3n) is 3.40. The zero-order valence-electron chi connectivity index (χ0n) is 9.65. The number of hydrogen-bond donors (Lipinski definition) is 0. The number of hydrogen-bond acceptors (Lipinski definition) is 0. The zero-order chi connectivity index (χ0) is 11.8. The molecule has 2 aromatic rings. The Balaban J connectivity index is 2.08. The maximum Gasteiger partial charge on any atom is 0.0178 e. The lowest BCUT2D eigenvalue weighted by Crippen LogP contribution is -1.92. The quantitative estimate of drug-likeness (QED) is 0.683. The monoisotopic (exact) mass is 284 g/mol. The first-order valence-electron chi connectivity index (χ1n) is 5.82. The van der Waals surface area contributed by atoms with Crippen LogP contribution in [-0.4, -0.2) is 0 Å². The SMILES string of the molecule is CC1C(c2ccccc2)=Cc2ccc(Br)cc21. The summed E-state index contributed by atoms with van der Waals surface area (Å²) >= 11 is 3.55. The van der Waals surface area contributed by atoms with Gasteiger partial charge in [0, 0.05) is 10.4 Å². The van der Waals surface area contributed by atoms with E-state index in [1.54, 1.807) is 0 Å². The van der Waals surface area contributed by atoms with Crippen LogP contribution in [0.1, 0.15) is 29.5 Å². The summed E-state index contributed by atoms with van der Waals surface area (Å²) in [5.74, 6) is 0.477. The molecule has 1 unspecified atom stereocenters. The number of halogens is 1. The molecule has 0 spiro atoms. The lowest BCUT2D eigenvalue weighted by Gasteiger charge is -2.11. The van der Waals surface area contributed by atoms with Gasteiger partial charge in [0.25, 0.3) is 0 Å². The van der Waals surface area contributed by atoms with Gasteiger partial charge in [-0.2, -0.15) is 0 Å². The Morgan fingerprint density at radius 3 is 2.53 bits per heavy atom. The van der Waals surface area contributed by atoms with Crippen LogP contribution in [0.15, 0.2) is 53.0 Å². The normalized spacial score (nSPS) is 17.8. The number of fused-ring (bicyclic) bond motifs is 1. The minimum atomic E-state index is 0.477. The molecule has 2 aromatic carbocycles. The van der Waals surface area contributed by atoms with Crippen molar-refractivity contribution in [3.05, 3.63) is 69.7 Å². The fourth-order valence-electron chi connectivity index (χ4n) is 2.48. The van der Waals surface area contributed by atoms with E-state index in [9.17, 15) is 0 Å². The predicted molar refractivity (Wildman–Crippen MR) is 76.9 cm³/mol. The summed E-state index contributed by atoms with van der Waals surface area (Å²) in [5, 5.41) is 0. The van der Waals surface area contributed by atoms with E-state index in [2.05, 4.69) is 77.5 Å². The Labute approximate surface area is 110 Å². The molecule has 0 saturated carbocycles. The molecule has 0 bridgehead atoms. The van der Waals surface area contributed by atoms with Crippen molar-refractivity contribution in [2.45, 2.75) is 12.8 Å². The second-order valence-electron chi connectivity index (χ2n) is 4.46. The first-order valence-corrected chi connectivity index (χ1v) is 6.61. The summed E-state index contributed by atoms with van der Waals surface area (Å²) in [6.07, 6.45) is 2.31. The Kier molecular flexibility index (Phi) is 2.64. The highest BCUT2D eigenvalue weighted by Crippen LogP contribution is 2.42. The van der Waals surface area contributed by atoms with Gasteiger partial charge in [-0.1, -0.05) is 65.3 Å². The van der Waals surface area contributed by atoms with Gasteiger partial charge in [0.05, 0.1) is 0 Å². The maximum absolute atomic E-state index is 3.55. The third-order valence-corrected chi connectivity index (χ3v) is 3.89. The van der Waals surface area contributed by atoms with Gasteiger partial charge in [0.1, 0.15) is 0 Å². The second kappa shape index (κ2) is 4.15. The molecule has 0 nitrogen and oxygen atoms in total. The largest absolute Gasteiger partial charge is 0.0622 e. The van der Waals surface area contributed by atoms with Gasteiger partial charge in [-0.05, 0) is 34.4 Å². The highest BCUT2D eigenvalue weighted by molar-refractivity contribution is 9.10. The lowest BCUT2D eigenvalue weighted by molar-refractivity contribution is 1.01.